The van der Waals surface area contributed by atoms with Crippen molar-refractivity contribution in [3.8, 4) is 11.3 Å². The van der Waals surface area contributed by atoms with Gasteiger partial charge in [0.25, 0.3) is 0 Å². The van der Waals surface area contributed by atoms with E-state index in [2.05, 4.69) is 0 Å². The van der Waals surface area contributed by atoms with E-state index in [-0.39, 0.29) is 16.7 Å². The van der Waals surface area contributed by atoms with Crippen molar-refractivity contribution >= 4 is 11.0 Å². The van der Waals surface area contributed by atoms with Gasteiger partial charge in [-0.05, 0) is 6.07 Å². The zero-order chi connectivity index (χ0) is 13.5. The molecule has 1 nitrogen and oxygen atoms in total. The van der Waals surface area contributed by atoms with E-state index < -0.39 is 11.7 Å². The van der Waals surface area contributed by atoms with Gasteiger partial charge in [-0.15, -0.1) is 0 Å². The Balaban J connectivity index is 2.36. The van der Waals surface area contributed by atoms with Crippen molar-refractivity contribution < 1.29 is 17.6 Å². The van der Waals surface area contributed by atoms with Gasteiger partial charge in [0.1, 0.15) is 16.9 Å². The molecule has 0 aliphatic heterocycles. The number of para-hydroxylation sites is 1. The molecule has 0 atom stereocenters. The van der Waals surface area contributed by atoms with Crippen LogP contribution in [0.2, 0.25) is 0 Å². The number of fused-ring (bicyclic) bond motifs is 1. The van der Waals surface area contributed by atoms with Crippen molar-refractivity contribution in [2.45, 2.75) is 6.18 Å². The van der Waals surface area contributed by atoms with Gasteiger partial charge < -0.3 is 4.42 Å². The third-order valence-electron chi connectivity index (χ3n) is 2.91. The first-order valence-corrected chi connectivity index (χ1v) is 5.71. The topological polar surface area (TPSA) is 13.1 Å². The predicted molar refractivity (Wildman–Crippen MR) is 66.7 cm³/mol. The minimum absolute atomic E-state index is 0.0915. The number of halogens is 3. The van der Waals surface area contributed by atoms with Crippen molar-refractivity contribution in [3.05, 3.63) is 60.2 Å². The minimum Gasteiger partial charge on any atom is -0.455 e. The molecule has 0 aliphatic rings. The van der Waals surface area contributed by atoms with E-state index in [1.54, 1.807) is 42.5 Å². The summed E-state index contributed by atoms with van der Waals surface area (Å²) < 4.78 is 45.1. The SMILES string of the molecule is FC(F)(F)c1c(-c2ccccc2)oc2ccccc12. The van der Waals surface area contributed by atoms with Gasteiger partial charge in [0.05, 0.1) is 0 Å². The Bertz CT molecular complexity index is 711. The number of hydrogen-bond donors (Lipinski definition) is 0. The molecule has 0 saturated carbocycles. The number of furan rings is 1. The van der Waals surface area contributed by atoms with E-state index in [0.717, 1.165) is 0 Å². The third kappa shape index (κ3) is 1.99. The van der Waals surface area contributed by atoms with Gasteiger partial charge in [-0.2, -0.15) is 13.2 Å². The van der Waals surface area contributed by atoms with Crippen LogP contribution in [0.4, 0.5) is 13.2 Å². The molecular formula is C15H9F3O. The highest BCUT2D eigenvalue weighted by Crippen LogP contribution is 2.43. The lowest BCUT2D eigenvalue weighted by molar-refractivity contribution is -0.136. The molecule has 19 heavy (non-hydrogen) atoms. The molecule has 0 spiro atoms. The summed E-state index contributed by atoms with van der Waals surface area (Å²) in [6.07, 6.45) is -4.45. The standard InChI is InChI=1S/C15H9F3O/c16-15(17,18)13-11-8-4-5-9-12(11)19-14(13)10-6-2-1-3-7-10/h1-9H. The second-order valence-corrected chi connectivity index (χ2v) is 4.17. The molecule has 3 rings (SSSR count). The first kappa shape index (κ1) is 11.8. The summed E-state index contributed by atoms with van der Waals surface area (Å²) >= 11 is 0. The maximum Gasteiger partial charge on any atom is 0.420 e. The highest BCUT2D eigenvalue weighted by atomic mass is 19.4. The summed E-state index contributed by atoms with van der Waals surface area (Å²) in [4.78, 5) is 0. The average Bonchev–Trinajstić information content (AvgIpc) is 2.79. The summed E-state index contributed by atoms with van der Waals surface area (Å²) in [5, 5.41) is 0.0915. The van der Waals surface area contributed by atoms with E-state index in [0.29, 0.717) is 5.56 Å². The molecule has 96 valence electrons. The van der Waals surface area contributed by atoms with Crippen LogP contribution in [0, 0.1) is 0 Å². The lowest BCUT2D eigenvalue weighted by Crippen LogP contribution is -2.05. The molecule has 4 heteroatoms. The highest BCUT2D eigenvalue weighted by molar-refractivity contribution is 5.88. The van der Waals surface area contributed by atoms with Crippen LogP contribution < -0.4 is 0 Å². The van der Waals surface area contributed by atoms with Gasteiger partial charge in [-0.25, -0.2) is 0 Å². The summed E-state index contributed by atoms with van der Waals surface area (Å²) in [7, 11) is 0. The molecule has 0 radical (unpaired) electrons. The van der Waals surface area contributed by atoms with Gasteiger partial charge in [0, 0.05) is 10.9 Å². The van der Waals surface area contributed by atoms with E-state index in [4.69, 9.17) is 4.42 Å². The molecule has 0 fully saturated rings. The molecule has 1 aromatic heterocycles. The molecule has 0 unspecified atom stereocenters. The van der Waals surface area contributed by atoms with E-state index in [1.807, 2.05) is 0 Å². The van der Waals surface area contributed by atoms with Crippen LogP contribution in [0.25, 0.3) is 22.3 Å². The van der Waals surface area contributed by atoms with Gasteiger partial charge in [-0.3, -0.25) is 0 Å². The van der Waals surface area contributed by atoms with Gasteiger partial charge in [0.15, 0.2) is 0 Å². The van der Waals surface area contributed by atoms with Gasteiger partial charge >= 0.3 is 6.18 Å². The third-order valence-corrected chi connectivity index (χ3v) is 2.91. The highest BCUT2D eigenvalue weighted by Gasteiger charge is 2.38. The van der Waals surface area contributed by atoms with Crippen LogP contribution in [0.3, 0.4) is 0 Å². The normalized spacial score (nSPS) is 11.9. The monoisotopic (exact) mass is 262 g/mol. The molecule has 0 amide bonds. The van der Waals surface area contributed by atoms with Crippen LogP contribution in [-0.4, -0.2) is 0 Å². The van der Waals surface area contributed by atoms with Crippen LogP contribution in [-0.2, 0) is 6.18 Å². The number of rotatable bonds is 1. The fourth-order valence-corrected chi connectivity index (χ4v) is 2.12. The molecule has 1 heterocycles. The predicted octanol–water partition coefficient (Wildman–Crippen LogP) is 5.12. The maximum absolute atomic E-state index is 13.2. The maximum atomic E-state index is 13.2. The minimum atomic E-state index is -4.45. The molecule has 2 aromatic carbocycles. The Morgan fingerprint density at radius 3 is 2.11 bits per heavy atom. The average molecular weight is 262 g/mol. The molecular weight excluding hydrogens is 253 g/mol. The van der Waals surface area contributed by atoms with E-state index in [9.17, 15) is 13.2 Å². The van der Waals surface area contributed by atoms with Crippen molar-refractivity contribution in [2.75, 3.05) is 0 Å². The molecule has 0 N–H and O–H groups in total. The van der Waals surface area contributed by atoms with Crippen LogP contribution in [0.1, 0.15) is 5.56 Å². The zero-order valence-corrected chi connectivity index (χ0v) is 9.74. The second-order valence-electron chi connectivity index (χ2n) is 4.17. The number of hydrogen-bond acceptors (Lipinski definition) is 1. The van der Waals surface area contributed by atoms with Crippen molar-refractivity contribution in [1.82, 2.24) is 0 Å². The number of alkyl halides is 3. The van der Waals surface area contributed by atoms with Gasteiger partial charge in [-0.1, -0.05) is 48.5 Å². The Morgan fingerprint density at radius 1 is 0.789 bits per heavy atom. The first-order chi connectivity index (χ1) is 9.07. The fraction of sp³-hybridized carbons (Fsp3) is 0.0667. The summed E-state index contributed by atoms with van der Waals surface area (Å²) in [6.45, 7) is 0. The Kier molecular flexibility index (Phi) is 2.59. The summed E-state index contributed by atoms with van der Waals surface area (Å²) in [5.74, 6) is -0.130. The summed E-state index contributed by atoms with van der Waals surface area (Å²) in [6, 6.07) is 14.5. The second kappa shape index (κ2) is 4.16. The van der Waals surface area contributed by atoms with Crippen LogP contribution in [0.5, 0.6) is 0 Å². The van der Waals surface area contributed by atoms with Crippen LogP contribution >= 0.6 is 0 Å². The Labute approximate surface area is 107 Å². The largest absolute Gasteiger partial charge is 0.455 e. The summed E-state index contributed by atoms with van der Waals surface area (Å²) in [5.41, 5.74) is -0.0472. The molecule has 0 aliphatic carbocycles. The van der Waals surface area contributed by atoms with E-state index in [1.165, 1.54) is 12.1 Å². The number of benzene rings is 2. The zero-order valence-electron chi connectivity index (χ0n) is 9.74. The first-order valence-electron chi connectivity index (χ1n) is 5.71. The molecule has 0 bridgehead atoms. The molecule has 0 saturated heterocycles. The Morgan fingerprint density at radius 2 is 1.42 bits per heavy atom. The molecule has 3 aromatic rings. The van der Waals surface area contributed by atoms with Crippen molar-refractivity contribution in [2.24, 2.45) is 0 Å². The lowest BCUT2D eigenvalue weighted by Gasteiger charge is -2.07. The lowest BCUT2D eigenvalue weighted by atomic mass is 10.1. The fourth-order valence-electron chi connectivity index (χ4n) is 2.12. The van der Waals surface area contributed by atoms with E-state index >= 15 is 0 Å². The smallest absolute Gasteiger partial charge is 0.420 e. The van der Waals surface area contributed by atoms with Crippen LogP contribution in [0.15, 0.2) is 59.0 Å². The quantitative estimate of drug-likeness (QED) is 0.593. The van der Waals surface area contributed by atoms with Crippen molar-refractivity contribution in [3.63, 3.8) is 0 Å². The Hall–Kier alpha value is -2.23. The van der Waals surface area contributed by atoms with Crippen molar-refractivity contribution in [1.29, 1.82) is 0 Å². The van der Waals surface area contributed by atoms with Gasteiger partial charge in [0.2, 0.25) is 0 Å².